The summed E-state index contributed by atoms with van der Waals surface area (Å²) in [5, 5.41) is 12.3. The molecule has 3 aromatic rings. The van der Waals surface area contributed by atoms with E-state index in [0.717, 1.165) is 42.0 Å². The largest absolute Gasteiger partial charge is 0.493 e. The molecule has 1 unspecified atom stereocenters. The lowest BCUT2D eigenvalue weighted by molar-refractivity contribution is 0.0910. The smallest absolute Gasteiger partial charge is 0.287 e. The fourth-order valence-corrected chi connectivity index (χ4v) is 3.41. The third kappa shape index (κ3) is 2.47. The number of nitrogens with zero attached hydrogens (tertiary/aromatic N) is 3. The fraction of sp³-hybridized carbons (Fsp3) is 0.389. The Hall–Kier alpha value is -2.83. The van der Waals surface area contributed by atoms with Gasteiger partial charge in [0.15, 0.2) is 22.9 Å². The molecule has 130 valence electrons. The van der Waals surface area contributed by atoms with Gasteiger partial charge in [-0.25, -0.2) is 0 Å². The van der Waals surface area contributed by atoms with Gasteiger partial charge in [-0.1, -0.05) is 12.1 Å². The second-order valence-electron chi connectivity index (χ2n) is 6.32. The number of rotatable bonds is 4. The van der Waals surface area contributed by atoms with E-state index in [1.54, 1.807) is 7.11 Å². The Kier molecular flexibility index (Phi) is 3.71. The Labute approximate surface area is 145 Å². The van der Waals surface area contributed by atoms with E-state index in [1.807, 2.05) is 32.0 Å². The van der Waals surface area contributed by atoms with Crippen molar-refractivity contribution in [3.63, 3.8) is 0 Å². The maximum atomic E-state index is 12.7. The van der Waals surface area contributed by atoms with Crippen LogP contribution in [0.4, 0.5) is 0 Å². The number of fused-ring (bicyclic) bond motifs is 2. The normalized spacial score (nSPS) is 14.5. The lowest BCUT2D eigenvalue weighted by Crippen LogP contribution is -2.28. The lowest BCUT2D eigenvalue weighted by Gasteiger charge is -2.13. The molecular weight excluding hydrogens is 320 g/mol. The molecule has 7 nitrogen and oxygen atoms in total. The second-order valence-corrected chi connectivity index (χ2v) is 6.32. The van der Waals surface area contributed by atoms with Gasteiger partial charge in [-0.05, 0) is 26.3 Å². The zero-order chi connectivity index (χ0) is 17.6. The molecule has 0 saturated carbocycles. The van der Waals surface area contributed by atoms with Crippen LogP contribution >= 0.6 is 0 Å². The number of hydrogen-bond acceptors (Lipinski definition) is 5. The van der Waals surface area contributed by atoms with E-state index >= 15 is 0 Å². The lowest BCUT2D eigenvalue weighted by atomic mass is 10.1. The topological polar surface area (TPSA) is 82.2 Å². The maximum absolute atomic E-state index is 12.7. The Balaban J connectivity index is 1.63. The molecule has 0 aliphatic carbocycles. The highest BCUT2D eigenvalue weighted by atomic mass is 16.5. The molecule has 7 heteroatoms. The average molecular weight is 340 g/mol. The monoisotopic (exact) mass is 340 g/mol. The van der Waals surface area contributed by atoms with Crippen molar-refractivity contribution in [1.82, 2.24) is 20.1 Å². The van der Waals surface area contributed by atoms with Crippen LogP contribution in [-0.2, 0) is 13.0 Å². The van der Waals surface area contributed by atoms with E-state index in [2.05, 4.69) is 20.1 Å². The summed E-state index contributed by atoms with van der Waals surface area (Å²) in [6, 6.07) is 5.37. The summed E-state index contributed by atoms with van der Waals surface area (Å²) in [6.07, 6.45) is 2.01. The van der Waals surface area contributed by atoms with E-state index in [4.69, 9.17) is 9.15 Å². The van der Waals surface area contributed by atoms with Gasteiger partial charge in [-0.15, -0.1) is 10.2 Å². The van der Waals surface area contributed by atoms with Crippen LogP contribution in [0, 0.1) is 6.92 Å². The Morgan fingerprint density at radius 1 is 1.40 bits per heavy atom. The number of para-hydroxylation sites is 1. The van der Waals surface area contributed by atoms with Crippen molar-refractivity contribution in [2.45, 2.75) is 39.3 Å². The molecule has 1 aliphatic heterocycles. The van der Waals surface area contributed by atoms with Gasteiger partial charge in [0.2, 0.25) is 0 Å². The van der Waals surface area contributed by atoms with E-state index in [9.17, 15) is 4.79 Å². The first-order valence-electron chi connectivity index (χ1n) is 8.39. The van der Waals surface area contributed by atoms with Crippen molar-refractivity contribution in [3.8, 4) is 5.75 Å². The van der Waals surface area contributed by atoms with Gasteiger partial charge in [0.05, 0.1) is 13.2 Å². The molecule has 1 N–H and O–H groups in total. The summed E-state index contributed by atoms with van der Waals surface area (Å²) >= 11 is 0. The van der Waals surface area contributed by atoms with Crippen LogP contribution in [-0.4, -0.2) is 27.8 Å². The van der Waals surface area contributed by atoms with Crippen molar-refractivity contribution in [2.75, 3.05) is 7.11 Å². The Morgan fingerprint density at radius 2 is 2.24 bits per heavy atom. The SMILES string of the molecule is COc1cccc2c(C)c(C(=O)NC(C)c3nnc4n3CCC4)oc12. The zero-order valence-corrected chi connectivity index (χ0v) is 14.5. The standard InChI is InChI=1S/C18H20N4O3/c1-10-12-6-4-7-13(24-3)16(12)25-15(10)18(23)19-11(2)17-21-20-14-8-5-9-22(14)17/h4,6-7,11H,5,8-9H2,1-3H3,(H,19,23). The van der Waals surface area contributed by atoms with Gasteiger partial charge in [0.25, 0.3) is 5.91 Å². The van der Waals surface area contributed by atoms with Crippen LogP contribution < -0.4 is 10.1 Å². The summed E-state index contributed by atoms with van der Waals surface area (Å²) in [5.41, 5.74) is 1.38. The number of hydrogen-bond donors (Lipinski definition) is 1. The van der Waals surface area contributed by atoms with E-state index in [1.165, 1.54) is 0 Å². The van der Waals surface area contributed by atoms with Crippen LogP contribution in [0.5, 0.6) is 5.75 Å². The number of furan rings is 1. The molecule has 1 aromatic carbocycles. The van der Waals surface area contributed by atoms with Crippen molar-refractivity contribution < 1.29 is 13.9 Å². The molecular formula is C18H20N4O3. The molecule has 0 fully saturated rings. The van der Waals surface area contributed by atoms with Gasteiger partial charge in [0, 0.05) is 23.9 Å². The van der Waals surface area contributed by atoms with Crippen LogP contribution in [0.25, 0.3) is 11.0 Å². The number of carbonyl (C=O) groups is 1. The van der Waals surface area contributed by atoms with Crippen molar-refractivity contribution in [1.29, 1.82) is 0 Å². The number of nitrogens with one attached hydrogen (secondary N) is 1. The van der Waals surface area contributed by atoms with E-state index in [0.29, 0.717) is 17.1 Å². The molecule has 0 radical (unpaired) electrons. The maximum Gasteiger partial charge on any atom is 0.287 e. The summed E-state index contributed by atoms with van der Waals surface area (Å²) in [7, 11) is 1.58. The summed E-state index contributed by atoms with van der Waals surface area (Å²) in [4.78, 5) is 12.7. The third-order valence-electron chi connectivity index (χ3n) is 4.73. The average Bonchev–Trinajstić information content (AvgIpc) is 3.29. The predicted octanol–water partition coefficient (Wildman–Crippen LogP) is 2.78. The number of benzene rings is 1. The van der Waals surface area contributed by atoms with Gasteiger partial charge in [0.1, 0.15) is 5.82 Å². The number of methoxy groups -OCH3 is 1. The molecule has 25 heavy (non-hydrogen) atoms. The van der Waals surface area contributed by atoms with Crippen LogP contribution in [0.3, 0.4) is 0 Å². The second kappa shape index (κ2) is 5.91. The number of aryl methyl sites for hydroxylation is 2. The number of ether oxygens (including phenoxy) is 1. The minimum absolute atomic E-state index is 0.249. The van der Waals surface area contributed by atoms with E-state index < -0.39 is 0 Å². The Bertz CT molecular complexity index is 957. The minimum atomic E-state index is -0.265. The molecule has 0 spiro atoms. The molecule has 3 heterocycles. The highest BCUT2D eigenvalue weighted by molar-refractivity contribution is 6.00. The highest BCUT2D eigenvalue weighted by Gasteiger charge is 2.25. The molecule has 4 rings (SSSR count). The highest BCUT2D eigenvalue weighted by Crippen LogP contribution is 2.32. The molecule has 1 atom stereocenters. The molecule has 0 bridgehead atoms. The third-order valence-corrected chi connectivity index (χ3v) is 4.73. The molecule has 2 aromatic heterocycles. The first-order chi connectivity index (χ1) is 12.1. The zero-order valence-electron chi connectivity index (χ0n) is 14.5. The fourth-order valence-electron chi connectivity index (χ4n) is 3.41. The van der Waals surface area contributed by atoms with E-state index in [-0.39, 0.29) is 11.9 Å². The number of amides is 1. The van der Waals surface area contributed by atoms with Crippen LogP contribution in [0.15, 0.2) is 22.6 Å². The first-order valence-corrected chi connectivity index (χ1v) is 8.39. The summed E-state index contributed by atoms with van der Waals surface area (Å²) < 4.78 is 13.2. The van der Waals surface area contributed by atoms with Crippen molar-refractivity contribution >= 4 is 16.9 Å². The van der Waals surface area contributed by atoms with Gasteiger partial charge in [-0.3, -0.25) is 4.79 Å². The molecule has 1 amide bonds. The quantitative estimate of drug-likeness (QED) is 0.790. The van der Waals surface area contributed by atoms with Crippen molar-refractivity contribution in [2.24, 2.45) is 0 Å². The number of aromatic nitrogens is 3. The summed E-state index contributed by atoms with van der Waals surface area (Å²) in [6.45, 7) is 4.68. The van der Waals surface area contributed by atoms with Gasteiger partial charge in [-0.2, -0.15) is 0 Å². The first kappa shape index (κ1) is 15.7. The van der Waals surface area contributed by atoms with Crippen molar-refractivity contribution in [3.05, 3.63) is 41.2 Å². The van der Waals surface area contributed by atoms with Gasteiger partial charge < -0.3 is 19.0 Å². The number of carbonyl (C=O) groups excluding carboxylic acids is 1. The van der Waals surface area contributed by atoms with Crippen LogP contribution in [0.2, 0.25) is 0 Å². The van der Waals surface area contributed by atoms with Gasteiger partial charge >= 0.3 is 0 Å². The minimum Gasteiger partial charge on any atom is -0.493 e. The summed E-state index contributed by atoms with van der Waals surface area (Å²) in [5.74, 6) is 2.42. The molecule has 1 aliphatic rings. The molecule has 0 saturated heterocycles. The van der Waals surface area contributed by atoms with Crippen LogP contribution in [0.1, 0.15) is 47.2 Å². The Morgan fingerprint density at radius 3 is 3.04 bits per heavy atom. The predicted molar refractivity (Wildman–Crippen MR) is 91.7 cm³/mol.